The van der Waals surface area contributed by atoms with Gasteiger partial charge in [-0.2, -0.15) is 0 Å². The highest BCUT2D eigenvalue weighted by Gasteiger charge is 2.02. The van der Waals surface area contributed by atoms with Crippen molar-refractivity contribution in [3.05, 3.63) is 29.8 Å². The summed E-state index contributed by atoms with van der Waals surface area (Å²) < 4.78 is 0. The fourth-order valence-electron chi connectivity index (χ4n) is 1.44. The molecule has 88 valence electrons. The summed E-state index contributed by atoms with van der Waals surface area (Å²) in [5.74, 6) is 6.01. The molecule has 0 spiro atoms. The van der Waals surface area contributed by atoms with E-state index >= 15 is 0 Å². The Kier molecular flexibility index (Phi) is 4.79. The van der Waals surface area contributed by atoms with Crippen LogP contribution in [-0.4, -0.2) is 12.0 Å². The van der Waals surface area contributed by atoms with Gasteiger partial charge in [0.05, 0.1) is 0 Å². The number of nitrogens with two attached hydrogens (primary N) is 1. The number of hydrogen-bond acceptors (Lipinski definition) is 2. The summed E-state index contributed by atoms with van der Waals surface area (Å²) >= 11 is 0. The highest BCUT2D eigenvalue weighted by Crippen LogP contribution is 2.15. The van der Waals surface area contributed by atoms with E-state index in [1.165, 1.54) is 5.56 Å². The molecule has 4 nitrogen and oxygen atoms in total. The van der Waals surface area contributed by atoms with Gasteiger partial charge in [0.2, 0.25) is 5.96 Å². The lowest BCUT2D eigenvalue weighted by atomic mass is 10.1. The Morgan fingerprint density at radius 2 is 2.06 bits per heavy atom. The molecule has 1 rings (SSSR count). The molecule has 0 atom stereocenters. The maximum atomic E-state index is 5.42. The average Bonchev–Trinajstić information content (AvgIpc) is 2.28. The standard InChI is InChI=1S/C12H20N4/c1-4-10-7-5-6-8-11(10)15-12(16-13)14-9(2)3/h5-9H,4,13H2,1-3H3,(H2,14,15,16). The molecule has 1 aromatic rings. The monoisotopic (exact) mass is 220 g/mol. The zero-order valence-electron chi connectivity index (χ0n) is 10.1. The zero-order chi connectivity index (χ0) is 12.0. The number of nitrogens with one attached hydrogen (secondary N) is 2. The fraction of sp³-hybridized carbons (Fsp3) is 0.417. The van der Waals surface area contributed by atoms with Crippen LogP contribution in [0.3, 0.4) is 0 Å². The van der Waals surface area contributed by atoms with Crippen LogP contribution in [0.2, 0.25) is 0 Å². The first-order valence-corrected chi connectivity index (χ1v) is 5.56. The predicted molar refractivity (Wildman–Crippen MR) is 69.3 cm³/mol. The van der Waals surface area contributed by atoms with E-state index in [0.29, 0.717) is 5.96 Å². The minimum absolute atomic E-state index is 0.201. The number of hydrazine groups is 1. The van der Waals surface area contributed by atoms with E-state index < -0.39 is 0 Å². The Morgan fingerprint density at radius 1 is 1.38 bits per heavy atom. The molecule has 0 aliphatic rings. The molecule has 0 saturated carbocycles. The van der Waals surface area contributed by atoms with Gasteiger partial charge >= 0.3 is 0 Å². The third-order valence-corrected chi connectivity index (χ3v) is 2.18. The summed E-state index contributed by atoms with van der Waals surface area (Å²) in [5.41, 5.74) is 4.86. The number of nitrogens with zero attached hydrogens (tertiary/aromatic N) is 1. The zero-order valence-corrected chi connectivity index (χ0v) is 10.1. The van der Waals surface area contributed by atoms with Crippen LogP contribution in [0.5, 0.6) is 0 Å². The lowest BCUT2D eigenvalue weighted by molar-refractivity contribution is 0.818. The van der Waals surface area contributed by atoms with E-state index in [9.17, 15) is 0 Å². The summed E-state index contributed by atoms with van der Waals surface area (Å²) in [7, 11) is 0. The fourth-order valence-corrected chi connectivity index (χ4v) is 1.44. The van der Waals surface area contributed by atoms with Crippen molar-refractivity contribution >= 4 is 11.6 Å². The molecular formula is C12H20N4. The van der Waals surface area contributed by atoms with Crippen molar-refractivity contribution in [2.45, 2.75) is 33.2 Å². The van der Waals surface area contributed by atoms with Gasteiger partial charge in [-0.15, -0.1) is 0 Å². The maximum Gasteiger partial charge on any atom is 0.210 e. The van der Waals surface area contributed by atoms with Crippen molar-refractivity contribution < 1.29 is 0 Å². The number of guanidine groups is 1. The van der Waals surface area contributed by atoms with Gasteiger partial charge in [-0.1, -0.05) is 25.1 Å². The number of rotatable bonds is 3. The molecular weight excluding hydrogens is 200 g/mol. The average molecular weight is 220 g/mol. The number of anilines is 1. The van der Waals surface area contributed by atoms with Crippen LogP contribution in [0.1, 0.15) is 26.3 Å². The second-order valence-electron chi connectivity index (χ2n) is 3.85. The van der Waals surface area contributed by atoms with Crippen molar-refractivity contribution in [3.8, 4) is 0 Å². The van der Waals surface area contributed by atoms with Crippen LogP contribution < -0.4 is 16.6 Å². The van der Waals surface area contributed by atoms with Gasteiger partial charge in [-0.3, -0.25) is 5.43 Å². The van der Waals surface area contributed by atoms with E-state index in [4.69, 9.17) is 5.84 Å². The van der Waals surface area contributed by atoms with Gasteiger partial charge in [0.1, 0.15) is 0 Å². The normalized spacial score (nSPS) is 11.7. The third kappa shape index (κ3) is 3.55. The molecule has 0 heterocycles. The van der Waals surface area contributed by atoms with E-state index in [2.05, 4.69) is 28.7 Å². The quantitative estimate of drug-likeness (QED) is 0.315. The number of benzene rings is 1. The minimum Gasteiger partial charge on any atom is -0.325 e. The molecule has 0 aromatic heterocycles. The Labute approximate surface area is 96.9 Å². The van der Waals surface area contributed by atoms with Gasteiger partial charge < -0.3 is 5.32 Å². The van der Waals surface area contributed by atoms with Crippen molar-refractivity contribution in [1.29, 1.82) is 0 Å². The molecule has 0 amide bonds. The smallest absolute Gasteiger partial charge is 0.210 e. The molecule has 0 unspecified atom stereocenters. The summed E-state index contributed by atoms with van der Waals surface area (Å²) in [5, 5.41) is 3.19. The molecule has 1 aromatic carbocycles. The van der Waals surface area contributed by atoms with Gasteiger partial charge in [-0.25, -0.2) is 10.8 Å². The van der Waals surface area contributed by atoms with Gasteiger partial charge in [0.15, 0.2) is 0 Å². The topological polar surface area (TPSA) is 62.4 Å². The largest absolute Gasteiger partial charge is 0.325 e. The predicted octanol–water partition coefficient (Wildman–Crippen LogP) is 1.89. The Balaban J connectivity index is 2.85. The number of hydrogen-bond donors (Lipinski definition) is 3. The molecule has 4 N–H and O–H groups in total. The summed E-state index contributed by atoms with van der Waals surface area (Å²) in [6, 6.07) is 8.33. The Bertz CT molecular complexity index is 358. The summed E-state index contributed by atoms with van der Waals surface area (Å²) in [6.45, 7) is 6.13. The van der Waals surface area contributed by atoms with Crippen LogP contribution >= 0.6 is 0 Å². The van der Waals surface area contributed by atoms with Gasteiger partial charge in [-0.05, 0) is 31.9 Å². The van der Waals surface area contributed by atoms with Gasteiger partial charge in [0, 0.05) is 11.7 Å². The number of para-hydroxylation sites is 1. The first-order chi connectivity index (χ1) is 7.67. The highest BCUT2D eigenvalue weighted by atomic mass is 15.3. The summed E-state index contributed by atoms with van der Waals surface area (Å²) in [6.07, 6.45) is 0.975. The number of aliphatic imine (C=N–C) groups is 1. The van der Waals surface area contributed by atoms with Crippen molar-refractivity contribution in [1.82, 2.24) is 5.43 Å². The van der Waals surface area contributed by atoms with Crippen LogP contribution in [0.4, 0.5) is 5.69 Å². The molecule has 0 aliphatic heterocycles. The second kappa shape index (κ2) is 6.12. The second-order valence-corrected chi connectivity index (χ2v) is 3.85. The van der Waals surface area contributed by atoms with Crippen molar-refractivity contribution in [2.75, 3.05) is 5.32 Å². The highest BCUT2D eigenvalue weighted by molar-refractivity contribution is 5.94. The molecule has 0 saturated heterocycles. The molecule has 0 bridgehead atoms. The van der Waals surface area contributed by atoms with E-state index in [-0.39, 0.29) is 6.04 Å². The lowest BCUT2D eigenvalue weighted by Crippen LogP contribution is -2.37. The first kappa shape index (κ1) is 12.5. The van der Waals surface area contributed by atoms with E-state index in [1.54, 1.807) is 0 Å². The van der Waals surface area contributed by atoms with Crippen LogP contribution in [-0.2, 0) is 6.42 Å². The summed E-state index contributed by atoms with van der Waals surface area (Å²) in [4.78, 5) is 4.34. The Hall–Kier alpha value is -1.55. The molecule has 0 radical (unpaired) electrons. The van der Waals surface area contributed by atoms with Crippen LogP contribution in [0.25, 0.3) is 0 Å². The molecule has 0 aliphatic carbocycles. The molecule has 0 fully saturated rings. The molecule has 4 heteroatoms. The van der Waals surface area contributed by atoms with E-state index in [1.807, 2.05) is 32.0 Å². The SMILES string of the molecule is CCc1ccccc1NC(=NC(C)C)NN. The lowest BCUT2D eigenvalue weighted by Gasteiger charge is -2.13. The van der Waals surface area contributed by atoms with Crippen molar-refractivity contribution in [3.63, 3.8) is 0 Å². The Morgan fingerprint density at radius 3 is 2.62 bits per heavy atom. The van der Waals surface area contributed by atoms with Gasteiger partial charge in [0.25, 0.3) is 0 Å². The maximum absolute atomic E-state index is 5.42. The molecule has 16 heavy (non-hydrogen) atoms. The third-order valence-electron chi connectivity index (χ3n) is 2.18. The van der Waals surface area contributed by atoms with E-state index in [0.717, 1.165) is 12.1 Å². The van der Waals surface area contributed by atoms with Crippen molar-refractivity contribution in [2.24, 2.45) is 10.8 Å². The number of aryl methyl sites for hydroxylation is 1. The first-order valence-electron chi connectivity index (χ1n) is 5.56. The van der Waals surface area contributed by atoms with Crippen LogP contribution in [0.15, 0.2) is 29.3 Å². The van der Waals surface area contributed by atoms with Crippen LogP contribution in [0, 0.1) is 0 Å². The minimum atomic E-state index is 0.201.